The molecule has 2 fully saturated rings. The molecule has 0 spiro atoms. The SMILES string of the molecule is Cc1ccc(S(=O)(=O)N2CCC(C(=O)OCC(=O)N3CCC[C@@H](C)C3)CC2)cc1C. The van der Waals surface area contributed by atoms with E-state index in [1.165, 1.54) is 4.31 Å². The molecule has 3 rings (SSSR count). The van der Waals surface area contributed by atoms with Crippen LogP contribution in [0.5, 0.6) is 0 Å². The van der Waals surface area contributed by atoms with Gasteiger partial charge in [-0.1, -0.05) is 13.0 Å². The minimum Gasteiger partial charge on any atom is -0.455 e. The van der Waals surface area contributed by atoms with Gasteiger partial charge in [-0.05, 0) is 68.7 Å². The quantitative estimate of drug-likeness (QED) is 0.662. The number of aryl methyl sites for hydroxylation is 2. The van der Waals surface area contributed by atoms with E-state index >= 15 is 0 Å². The molecule has 1 aromatic carbocycles. The van der Waals surface area contributed by atoms with E-state index in [1.54, 1.807) is 17.0 Å². The zero-order valence-electron chi connectivity index (χ0n) is 18.1. The Labute approximate surface area is 179 Å². The van der Waals surface area contributed by atoms with Crippen LogP contribution >= 0.6 is 0 Å². The van der Waals surface area contributed by atoms with E-state index in [0.29, 0.717) is 25.3 Å². The van der Waals surface area contributed by atoms with Crippen LogP contribution in [0.15, 0.2) is 23.1 Å². The molecule has 0 aliphatic carbocycles. The number of benzene rings is 1. The summed E-state index contributed by atoms with van der Waals surface area (Å²) < 4.78 is 32.5. The number of hydrogen-bond acceptors (Lipinski definition) is 5. The predicted molar refractivity (Wildman–Crippen MR) is 113 cm³/mol. The van der Waals surface area contributed by atoms with Crippen molar-refractivity contribution in [3.05, 3.63) is 29.3 Å². The molecule has 8 heteroatoms. The fourth-order valence-electron chi connectivity index (χ4n) is 4.11. The van der Waals surface area contributed by atoms with Crippen molar-refractivity contribution in [2.75, 3.05) is 32.8 Å². The first-order chi connectivity index (χ1) is 14.2. The normalized spacial score (nSPS) is 21.4. The Morgan fingerprint density at radius 2 is 1.77 bits per heavy atom. The number of piperidine rings is 2. The van der Waals surface area contributed by atoms with E-state index in [1.807, 2.05) is 19.9 Å². The first kappa shape index (κ1) is 22.7. The third-order valence-electron chi connectivity index (χ3n) is 6.25. The molecule has 1 amide bonds. The largest absolute Gasteiger partial charge is 0.455 e. The summed E-state index contributed by atoms with van der Waals surface area (Å²) in [4.78, 5) is 26.7. The summed E-state index contributed by atoms with van der Waals surface area (Å²) in [6.45, 7) is 7.69. The van der Waals surface area contributed by atoms with Gasteiger partial charge in [0.2, 0.25) is 10.0 Å². The molecule has 2 aliphatic heterocycles. The molecule has 0 saturated carbocycles. The standard InChI is InChI=1S/C22H32N2O5S/c1-16-5-4-10-23(14-16)21(25)15-29-22(26)19-8-11-24(12-9-19)30(27,28)20-7-6-17(2)18(3)13-20/h6-7,13,16,19H,4-5,8-12,14-15H2,1-3H3/t16-/m1/s1. The van der Waals surface area contributed by atoms with Gasteiger partial charge >= 0.3 is 5.97 Å². The molecule has 7 nitrogen and oxygen atoms in total. The van der Waals surface area contributed by atoms with Gasteiger partial charge in [0.1, 0.15) is 0 Å². The van der Waals surface area contributed by atoms with Gasteiger partial charge in [-0.15, -0.1) is 0 Å². The smallest absolute Gasteiger partial charge is 0.309 e. The Kier molecular flexibility index (Phi) is 7.18. The molecule has 2 saturated heterocycles. The molecule has 166 valence electrons. The number of carbonyl (C=O) groups is 2. The minimum atomic E-state index is -3.58. The Morgan fingerprint density at radius 3 is 2.40 bits per heavy atom. The first-order valence-corrected chi connectivity index (χ1v) is 12.1. The second-order valence-electron chi connectivity index (χ2n) is 8.62. The zero-order chi connectivity index (χ0) is 21.9. The summed E-state index contributed by atoms with van der Waals surface area (Å²) in [5.41, 5.74) is 1.98. The molecule has 2 aliphatic rings. The molecule has 0 N–H and O–H groups in total. The van der Waals surface area contributed by atoms with E-state index in [9.17, 15) is 18.0 Å². The van der Waals surface area contributed by atoms with E-state index in [4.69, 9.17) is 4.74 Å². The number of ether oxygens (including phenoxy) is 1. The number of likely N-dealkylation sites (tertiary alicyclic amines) is 1. The summed E-state index contributed by atoms with van der Waals surface area (Å²) >= 11 is 0. The van der Waals surface area contributed by atoms with Gasteiger partial charge in [-0.3, -0.25) is 9.59 Å². The van der Waals surface area contributed by atoms with Crippen molar-refractivity contribution in [2.45, 2.75) is 51.3 Å². The average molecular weight is 437 g/mol. The van der Waals surface area contributed by atoms with Gasteiger partial charge in [-0.25, -0.2) is 8.42 Å². The zero-order valence-corrected chi connectivity index (χ0v) is 18.9. The molecule has 2 heterocycles. The highest BCUT2D eigenvalue weighted by atomic mass is 32.2. The maximum absolute atomic E-state index is 12.9. The number of hydrogen-bond donors (Lipinski definition) is 0. The first-order valence-electron chi connectivity index (χ1n) is 10.7. The van der Waals surface area contributed by atoms with Crippen molar-refractivity contribution in [3.63, 3.8) is 0 Å². The van der Waals surface area contributed by atoms with E-state index < -0.39 is 16.0 Å². The monoisotopic (exact) mass is 436 g/mol. The average Bonchev–Trinajstić information content (AvgIpc) is 2.73. The van der Waals surface area contributed by atoms with Crippen LogP contribution in [0.4, 0.5) is 0 Å². The van der Waals surface area contributed by atoms with E-state index in [-0.39, 0.29) is 36.4 Å². The molecule has 0 unspecified atom stereocenters. The van der Waals surface area contributed by atoms with Crippen molar-refractivity contribution >= 4 is 21.9 Å². The Bertz CT molecular complexity index is 891. The van der Waals surface area contributed by atoms with Gasteiger partial charge in [0.15, 0.2) is 6.61 Å². The number of nitrogens with zero attached hydrogens (tertiary/aromatic N) is 2. The van der Waals surface area contributed by atoms with Gasteiger partial charge < -0.3 is 9.64 Å². The Hall–Kier alpha value is -1.93. The van der Waals surface area contributed by atoms with Gasteiger partial charge in [-0.2, -0.15) is 4.31 Å². The summed E-state index contributed by atoms with van der Waals surface area (Å²) in [6.07, 6.45) is 2.90. The highest BCUT2D eigenvalue weighted by molar-refractivity contribution is 7.89. The number of amides is 1. The third kappa shape index (κ3) is 5.21. The highest BCUT2D eigenvalue weighted by Gasteiger charge is 2.33. The fraction of sp³-hybridized carbons (Fsp3) is 0.636. The Morgan fingerprint density at radius 1 is 1.07 bits per heavy atom. The lowest BCUT2D eigenvalue weighted by atomic mass is 9.98. The molecular formula is C22H32N2O5S. The molecule has 0 bridgehead atoms. The van der Waals surface area contributed by atoms with Crippen LogP contribution in [0.25, 0.3) is 0 Å². The molecular weight excluding hydrogens is 404 g/mol. The van der Waals surface area contributed by atoms with Crippen LogP contribution in [-0.4, -0.2) is 62.3 Å². The topological polar surface area (TPSA) is 84.0 Å². The van der Waals surface area contributed by atoms with Crippen LogP contribution < -0.4 is 0 Å². The summed E-state index contributed by atoms with van der Waals surface area (Å²) in [6, 6.07) is 5.13. The summed E-state index contributed by atoms with van der Waals surface area (Å²) in [7, 11) is -3.58. The molecule has 30 heavy (non-hydrogen) atoms. The number of sulfonamides is 1. The van der Waals surface area contributed by atoms with Crippen molar-refractivity contribution in [1.29, 1.82) is 0 Å². The van der Waals surface area contributed by atoms with Crippen LogP contribution in [0.2, 0.25) is 0 Å². The van der Waals surface area contributed by atoms with Gasteiger partial charge in [0.05, 0.1) is 10.8 Å². The van der Waals surface area contributed by atoms with Crippen LogP contribution in [0.3, 0.4) is 0 Å². The molecule has 1 atom stereocenters. The van der Waals surface area contributed by atoms with Gasteiger partial charge in [0, 0.05) is 26.2 Å². The molecule has 0 radical (unpaired) electrons. The Balaban J connectivity index is 1.50. The summed E-state index contributed by atoms with van der Waals surface area (Å²) in [5, 5.41) is 0. The van der Waals surface area contributed by atoms with Crippen molar-refractivity contribution in [3.8, 4) is 0 Å². The van der Waals surface area contributed by atoms with Crippen molar-refractivity contribution < 1.29 is 22.7 Å². The van der Waals surface area contributed by atoms with Crippen LogP contribution in [0.1, 0.15) is 43.7 Å². The van der Waals surface area contributed by atoms with Crippen LogP contribution in [-0.2, 0) is 24.3 Å². The third-order valence-corrected chi connectivity index (χ3v) is 8.15. The molecule has 0 aromatic heterocycles. The number of carbonyl (C=O) groups excluding carboxylic acids is 2. The lowest BCUT2D eigenvalue weighted by Gasteiger charge is -2.32. The van der Waals surface area contributed by atoms with Crippen molar-refractivity contribution in [2.24, 2.45) is 11.8 Å². The lowest BCUT2D eigenvalue weighted by molar-refractivity contribution is -0.157. The van der Waals surface area contributed by atoms with E-state index in [2.05, 4.69) is 6.92 Å². The minimum absolute atomic E-state index is 0.148. The fourth-order valence-corrected chi connectivity index (χ4v) is 5.67. The van der Waals surface area contributed by atoms with E-state index in [0.717, 1.165) is 30.5 Å². The summed E-state index contributed by atoms with van der Waals surface area (Å²) in [5.74, 6) is -0.451. The van der Waals surface area contributed by atoms with Gasteiger partial charge in [0.25, 0.3) is 5.91 Å². The highest BCUT2D eigenvalue weighted by Crippen LogP contribution is 2.26. The predicted octanol–water partition coefficient (Wildman–Crippen LogP) is 2.51. The second kappa shape index (κ2) is 9.47. The maximum atomic E-state index is 12.9. The second-order valence-corrected chi connectivity index (χ2v) is 10.6. The van der Waals surface area contributed by atoms with Crippen molar-refractivity contribution in [1.82, 2.24) is 9.21 Å². The van der Waals surface area contributed by atoms with Crippen LogP contribution in [0, 0.1) is 25.7 Å². The number of rotatable bonds is 5. The number of esters is 1. The maximum Gasteiger partial charge on any atom is 0.309 e. The lowest BCUT2D eigenvalue weighted by Crippen LogP contribution is -2.43. The molecule has 1 aromatic rings.